The highest BCUT2D eigenvalue weighted by Crippen LogP contribution is 2.39. The lowest BCUT2D eigenvalue weighted by molar-refractivity contribution is -0.0429. The first-order valence-corrected chi connectivity index (χ1v) is 6.19. The molecule has 1 aromatic carbocycles. The first-order valence-electron chi connectivity index (χ1n) is 6.19. The molecule has 1 aliphatic rings. The maximum absolute atomic E-state index is 14.1. The summed E-state index contributed by atoms with van der Waals surface area (Å²) in [5.74, 6) is -4.58. The summed E-state index contributed by atoms with van der Waals surface area (Å²) in [6.07, 6.45) is 1.76. The average molecular weight is 269 g/mol. The van der Waals surface area contributed by atoms with Crippen molar-refractivity contribution < 1.29 is 13.2 Å². The molecule has 19 heavy (non-hydrogen) atoms. The minimum absolute atomic E-state index is 0.0857. The van der Waals surface area contributed by atoms with E-state index in [1.54, 1.807) is 11.7 Å². The Morgan fingerprint density at radius 1 is 1.42 bits per heavy atom. The summed E-state index contributed by atoms with van der Waals surface area (Å²) in [4.78, 5) is 0. The highest BCUT2D eigenvalue weighted by Gasteiger charge is 2.43. The summed E-state index contributed by atoms with van der Waals surface area (Å²) in [7, 11) is 1.71. The molecule has 1 N–H and O–H groups in total. The van der Waals surface area contributed by atoms with Crippen LogP contribution in [0, 0.1) is 5.82 Å². The Bertz CT molecular complexity index is 621. The van der Waals surface area contributed by atoms with E-state index in [0.717, 1.165) is 0 Å². The summed E-state index contributed by atoms with van der Waals surface area (Å²) in [5, 5.41) is 7.28. The second-order valence-corrected chi connectivity index (χ2v) is 4.98. The van der Waals surface area contributed by atoms with Crippen molar-refractivity contribution in [3.8, 4) is 0 Å². The lowest BCUT2D eigenvalue weighted by atomic mass is 9.86. The van der Waals surface area contributed by atoms with Gasteiger partial charge in [-0.2, -0.15) is 5.10 Å². The van der Waals surface area contributed by atoms with Gasteiger partial charge < -0.3 is 5.32 Å². The molecule has 3 rings (SSSR count). The maximum atomic E-state index is 14.1. The SMILES string of the molecule is Cn1ncc2cc(F)c([C@H]3CCNCC3(F)F)cc21. The van der Waals surface area contributed by atoms with Crippen LogP contribution in [0.3, 0.4) is 0 Å². The zero-order chi connectivity index (χ0) is 13.6. The fourth-order valence-corrected chi connectivity index (χ4v) is 2.67. The zero-order valence-corrected chi connectivity index (χ0v) is 10.5. The van der Waals surface area contributed by atoms with Gasteiger partial charge in [0.15, 0.2) is 0 Å². The van der Waals surface area contributed by atoms with Crippen LogP contribution in [0.4, 0.5) is 13.2 Å². The van der Waals surface area contributed by atoms with Crippen LogP contribution in [0.25, 0.3) is 10.9 Å². The topological polar surface area (TPSA) is 29.9 Å². The van der Waals surface area contributed by atoms with Gasteiger partial charge in [-0.25, -0.2) is 13.2 Å². The third-order valence-corrected chi connectivity index (χ3v) is 3.72. The van der Waals surface area contributed by atoms with Gasteiger partial charge in [0, 0.05) is 12.4 Å². The monoisotopic (exact) mass is 269 g/mol. The molecule has 0 bridgehead atoms. The van der Waals surface area contributed by atoms with Gasteiger partial charge in [0.2, 0.25) is 0 Å². The van der Waals surface area contributed by atoms with Gasteiger partial charge in [0.05, 0.1) is 24.2 Å². The number of halogens is 3. The Hall–Kier alpha value is -1.56. The van der Waals surface area contributed by atoms with E-state index in [9.17, 15) is 13.2 Å². The van der Waals surface area contributed by atoms with E-state index in [4.69, 9.17) is 0 Å². The zero-order valence-electron chi connectivity index (χ0n) is 10.5. The summed E-state index contributed by atoms with van der Waals surface area (Å²) in [5.41, 5.74) is 0.758. The van der Waals surface area contributed by atoms with E-state index in [0.29, 0.717) is 17.4 Å². The number of rotatable bonds is 1. The molecule has 1 aliphatic heterocycles. The Kier molecular flexibility index (Phi) is 2.78. The lowest BCUT2D eigenvalue weighted by Gasteiger charge is -2.32. The summed E-state index contributed by atoms with van der Waals surface area (Å²) >= 11 is 0. The van der Waals surface area contributed by atoms with Gasteiger partial charge in [-0.15, -0.1) is 0 Å². The Morgan fingerprint density at radius 3 is 2.95 bits per heavy atom. The standard InChI is InChI=1S/C13H14F3N3/c1-19-12-5-9(11(14)4-8(12)6-18-19)10-2-3-17-7-13(10,15)16/h4-6,10,17H,2-3,7H2,1H3/t10-/m1/s1. The van der Waals surface area contributed by atoms with Gasteiger partial charge in [-0.1, -0.05) is 0 Å². The molecule has 2 heterocycles. The van der Waals surface area contributed by atoms with Crippen molar-refractivity contribution in [1.29, 1.82) is 0 Å². The van der Waals surface area contributed by atoms with Gasteiger partial charge in [0.25, 0.3) is 5.92 Å². The summed E-state index contributed by atoms with van der Waals surface area (Å²) < 4.78 is 43.5. The fraction of sp³-hybridized carbons (Fsp3) is 0.462. The Labute approximate surface area is 108 Å². The quantitative estimate of drug-likeness (QED) is 0.861. The molecular weight excluding hydrogens is 255 g/mol. The van der Waals surface area contributed by atoms with E-state index >= 15 is 0 Å². The summed E-state index contributed by atoms with van der Waals surface area (Å²) in [6.45, 7) is 0.0731. The van der Waals surface area contributed by atoms with Crippen molar-refractivity contribution in [3.05, 3.63) is 29.7 Å². The molecule has 0 amide bonds. The van der Waals surface area contributed by atoms with Crippen LogP contribution in [-0.2, 0) is 7.05 Å². The molecule has 1 fully saturated rings. The average Bonchev–Trinajstić information content (AvgIpc) is 2.69. The summed E-state index contributed by atoms with van der Waals surface area (Å²) in [6, 6.07) is 2.79. The van der Waals surface area contributed by atoms with Crippen molar-refractivity contribution in [2.24, 2.45) is 7.05 Å². The van der Waals surface area contributed by atoms with E-state index in [-0.39, 0.29) is 12.0 Å². The van der Waals surface area contributed by atoms with Crippen LogP contribution in [0.1, 0.15) is 17.9 Å². The maximum Gasteiger partial charge on any atom is 0.267 e. The molecular formula is C13H14F3N3. The van der Waals surface area contributed by atoms with E-state index in [1.165, 1.54) is 18.3 Å². The largest absolute Gasteiger partial charge is 0.311 e. The first-order chi connectivity index (χ1) is 8.99. The van der Waals surface area contributed by atoms with Crippen molar-refractivity contribution in [2.75, 3.05) is 13.1 Å². The highest BCUT2D eigenvalue weighted by atomic mass is 19.3. The Morgan fingerprint density at radius 2 is 2.21 bits per heavy atom. The minimum Gasteiger partial charge on any atom is -0.311 e. The minimum atomic E-state index is -2.93. The molecule has 0 aliphatic carbocycles. The second kappa shape index (κ2) is 4.23. The number of aryl methyl sites for hydroxylation is 1. The number of benzene rings is 1. The van der Waals surface area contributed by atoms with Crippen LogP contribution in [-0.4, -0.2) is 28.8 Å². The molecule has 102 valence electrons. The van der Waals surface area contributed by atoms with Crippen LogP contribution in [0.2, 0.25) is 0 Å². The molecule has 3 nitrogen and oxygen atoms in total. The molecule has 2 aromatic rings. The van der Waals surface area contributed by atoms with Crippen LogP contribution < -0.4 is 5.32 Å². The van der Waals surface area contributed by atoms with Crippen LogP contribution in [0.5, 0.6) is 0 Å². The second-order valence-electron chi connectivity index (χ2n) is 4.98. The molecule has 1 atom stereocenters. The molecule has 0 unspecified atom stereocenters. The molecule has 1 aromatic heterocycles. The number of alkyl halides is 2. The van der Waals surface area contributed by atoms with E-state index in [2.05, 4.69) is 10.4 Å². The third-order valence-electron chi connectivity index (χ3n) is 3.72. The van der Waals surface area contributed by atoms with Crippen LogP contribution >= 0.6 is 0 Å². The third kappa shape index (κ3) is 2.00. The van der Waals surface area contributed by atoms with Gasteiger partial charge in [-0.3, -0.25) is 4.68 Å². The number of nitrogens with zero attached hydrogens (tertiary/aromatic N) is 2. The van der Waals surface area contributed by atoms with Crippen molar-refractivity contribution in [3.63, 3.8) is 0 Å². The fourth-order valence-electron chi connectivity index (χ4n) is 2.67. The number of piperidine rings is 1. The number of fused-ring (bicyclic) bond motifs is 1. The first kappa shape index (κ1) is 12.5. The smallest absolute Gasteiger partial charge is 0.267 e. The molecule has 1 saturated heterocycles. The van der Waals surface area contributed by atoms with Gasteiger partial charge in [0.1, 0.15) is 5.82 Å². The van der Waals surface area contributed by atoms with Crippen molar-refractivity contribution >= 4 is 10.9 Å². The lowest BCUT2D eigenvalue weighted by Crippen LogP contribution is -2.44. The van der Waals surface area contributed by atoms with Crippen LogP contribution in [0.15, 0.2) is 18.3 Å². The molecule has 0 spiro atoms. The molecule has 6 heteroatoms. The predicted octanol–water partition coefficient (Wildman–Crippen LogP) is 2.42. The van der Waals surface area contributed by atoms with Gasteiger partial charge >= 0.3 is 0 Å². The van der Waals surface area contributed by atoms with E-state index < -0.39 is 24.2 Å². The number of hydrogen-bond donors (Lipinski definition) is 1. The van der Waals surface area contributed by atoms with Gasteiger partial charge in [-0.05, 0) is 30.7 Å². The normalized spacial score (nSPS) is 22.8. The Balaban J connectivity index is 2.13. The molecule has 0 saturated carbocycles. The number of hydrogen-bond acceptors (Lipinski definition) is 2. The predicted molar refractivity (Wildman–Crippen MR) is 65.8 cm³/mol. The number of nitrogens with one attached hydrogen (secondary N) is 1. The van der Waals surface area contributed by atoms with Crippen molar-refractivity contribution in [1.82, 2.24) is 15.1 Å². The molecule has 0 radical (unpaired) electrons. The number of aromatic nitrogens is 2. The highest BCUT2D eigenvalue weighted by molar-refractivity contribution is 5.79. The van der Waals surface area contributed by atoms with E-state index in [1.807, 2.05) is 0 Å². The van der Waals surface area contributed by atoms with Crippen molar-refractivity contribution in [2.45, 2.75) is 18.3 Å².